The molecule has 1 atom stereocenters. The Bertz CT molecular complexity index is 38.8. The Morgan fingerprint density at radius 3 is 2.67 bits per heavy atom. The highest BCUT2D eigenvalue weighted by molar-refractivity contribution is 4.29. The van der Waals surface area contributed by atoms with Gasteiger partial charge >= 0.3 is 0 Å². The molecule has 0 aromatic carbocycles. The van der Waals surface area contributed by atoms with Crippen LogP contribution in [0.15, 0.2) is 0 Å². The predicted octanol–water partition coefficient (Wildman–Crippen LogP) is -0.802. The van der Waals surface area contributed by atoms with Gasteiger partial charge in [-0.3, -0.25) is 0 Å². The highest BCUT2D eigenvalue weighted by Crippen LogP contribution is 1.98. The molecule has 0 saturated carbocycles. The summed E-state index contributed by atoms with van der Waals surface area (Å²) in [5.74, 6) is 0. The van der Waals surface area contributed by atoms with Crippen molar-refractivity contribution in [1.29, 1.82) is 0 Å². The molecule has 1 fully saturated rings. The Kier molecular flexibility index (Phi) is 1.02. The van der Waals surface area contributed by atoms with Crippen LogP contribution in [0, 0.1) is 0 Å². The lowest BCUT2D eigenvalue weighted by atomic mass is 10.7. The summed E-state index contributed by atoms with van der Waals surface area (Å²) in [5.41, 5.74) is 0. The third kappa shape index (κ3) is 0.662. The topological polar surface area (TPSA) is 47.9 Å². The Hall–Kier alpha value is -0.160. The van der Waals surface area contributed by atoms with Crippen molar-refractivity contribution in [3.63, 3.8) is 0 Å². The van der Waals surface area contributed by atoms with E-state index in [4.69, 9.17) is 5.11 Å². The Morgan fingerprint density at radius 2 is 2.50 bits per heavy atom. The molecule has 4 heteroatoms. The zero-order valence-corrected chi connectivity index (χ0v) is 2.96. The fraction of sp³-hybridized carbons (Fsp3) is 1.00. The number of hydrogen-bond acceptors (Lipinski definition) is 4. The van der Waals surface area contributed by atoms with Crippen LogP contribution < -0.4 is 0 Å². The Balaban J connectivity index is 2.18. The van der Waals surface area contributed by atoms with Crippen molar-refractivity contribution in [2.24, 2.45) is 0 Å². The molecule has 0 amide bonds. The summed E-state index contributed by atoms with van der Waals surface area (Å²) in [6.07, 6.45) is -0.898. The average molecular weight is 92.0 g/mol. The van der Waals surface area contributed by atoms with Crippen molar-refractivity contribution < 1.29 is 19.9 Å². The molecule has 4 nitrogen and oxygen atoms in total. The molecule has 6 heavy (non-hydrogen) atoms. The fourth-order valence-electron chi connectivity index (χ4n) is 0.187. The molecule has 1 aliphatic heterocycles. The molecule has 0 spiro atoms. The summed E-state index contributed by atoms with van der Waals surface area (Å²) in [6.45, 7) is 0.0972. The molecule has 1 rings (SSSR count). The highest BCUT2D eigenvalue weighted by atomic mass is 17.5. The third-order valence-corrected chi connectivity index (χ3v) is 0.409. The van der Waals surface area contributed by atoms with Crippen molar-refractivity contribution in [1.82, 2.24) is 0 Å². The fourth-order valence-corrected chi connectivity index (χ4v) is 0.187. The molecule has 36 valence electrons. The molecule has 0 aliphatic carbocycles. The van der Waals surface area contributed by atoms with Gasteiger partial charge < -0.3 is 5.11 Å². The molecular weight excluding hydrogens is 88.0 g/mol. The van der Waals surface area contributed by atoms with Gasteiger partial charge in [0.05, 0.1) is 0 Å². The quantitative estimate of drug-likeness (QED) is 0.397. The SMILES string of the molecule is OC1COOO1. The molecule has 1 heterocycles. The van der Waals surface area contributed by atoms with E-state index in [0.717, 1.165) is 0 Å². The molecule has 1 saturated heterocycles. The van der Waals surface area contributed by atoms with E-state index in [2.05, 4.69) is 14.8 Å². The molecule has 1 aliphatic rings. The second-order valence-corrected chi connectivity index (χ2v) is 0.903. The smallest absolute Gasteiger partial charge is 0.218 e. The number of rotatable bonds is 0. The predicted molar refractivity (Wildman–Crippen MR) is 14.1 cm³/mol. The zero-order chi connectivity index (χ0) is 4.41. The minimum Gasteiger partial charge on any atom is -0.364 e. The first-order valence-electron chi connectivity index (χ1n) is 1.52. The van der Waals surface area contributed by atoms with Crippen molar-refractivity contribution in [2.45, 2.75) is 6.29 Å². The molecule has 1 N–H and O–H groups in total. The summed E-state index contributed by atoms with van der Waals surface area (Å²) < 4.78 is 0. The van der Waals surface area contributed by atoms with E-state index in [1.54, 1.807) is 0 Å². The second-order valence-electron chi connectivity index (χ2n) is 0.903. The molecular formula is C2H4O4. The minimum atomic E-state index is -0.898. The van der Waals surface area contributed by atoms with Gasteiger partial charge in [-0.1, -0.05) is 5.04 Å². The minimum absolute atomic E-state index is 0.0972. The maximum absolute atomic E-state index is 8.26. The van der Waals surface area contributed by atoms with Crippen LogP contribution in [0.25, 0.3) is 0 Å². The standard InChI is InChI=1S/C2H4O4/c3-2-1-4-6-5-2/h2-3H,1H2. The van der Waals surface area contributed by atoms with Gasteiger partial charge in [0.15, 0.2) is 0 Å². The lowest BCUT2D eigenvalue weighted by molar-refractivity contribution is -0.470. The van der Waals surface area contributed by atoms with Crippen LogP contribution in [-0.2, 0) is 14.8 Å². The van der Waals surface area contributed by atoms with Crippen molar-refractivity contribution in [3.8, 4) is 0 Å². The molecule has 0 bridgehead atoms. The number of aliphatic hydroxyl groups is 1. The zero-order valence-electron chi connectivity index (χ0n) is 2.96. The third-order valence-electron chi connectivity index (χ3n) is 0.409. The first-order valence-corrected chi connectivity index (χ1v) is 1.52. The van der Waals surface area contributed by atoms with Crippen molar-refractivity contribution in [3.05, 3.63) is 0 Å². The van der Waals surface area contributed by atoms with Crippen LogP contribution in [0.5, 0.6) is 0 Å². The van der Waals surface area contributed by atoms with Gasteiger partial charge in [0.1, 0.15) is 6.61 Å². The lowest BCUT2D eigenvalue weighted by Crippen LogP contribution is -2.05. The summed E-state index contributed by atoms with van der Waals surface area (Å²) in [7, 11) is 0. The molecule has 1 unspecified atom stereocenters. The van der Waals surface area contributed by atoms with Crippen LogP contribution in [0.1, 0.15) is 0 Å². The Labute approximate surface area is 34.1 Å². The van der Waals surface area contributed by atoms with Gasteiger partial charge in [-0.25, -0.2) is 4.89 Å². The van der Waals surface area contributed by atoms with E-state index in [0.29, 0.717) is 0 Å². The normalized spacial score (nSPS) is 34.5. The van der Waals surface area contributed by atoms with Crippen LogP contribution in [0.2, 0.25) is 0 Å². The second kappa shape index (κ2) is 1.53. The summed E-state index contributed by atoms with van der Waals surface area (Å²) in [6, 6.07) is 0. The van der Waals surface area contributed by atoms with Gasteiger partial charge in [0, 0.05) is 0 Å². The van der Waals surface area contributed by atoms with Gasteiger partial charge in [-0.2, -0.15) is 4.89 Å². The van der Waals surface area contributed by atoms with Crippen LogP contribution in [0.3, 0.4) is 0 Å². The van der Waals surface area contributed by atoms with Gasteiger partial charge in [-0.15, -0.1) is 0 Å². The van der Waals surface area contributed by atoms with Crippen LogP contribution >= 0.6 is 0 Å². The van der Waals surface area contributed by atoms with E-state index in [9.17, 15) is 0 Å². The summed E-state index contributed by atoms with van der Waals surface area (Å²) >= 11 is 0. The lowest BCUT2D eigenvalue weighted by Gasteiger charge is -1.85. The molecule has 0 radical (unpaired) electrons. The first-order chi connectivity index (χ1) is 2.89. The number of hydrogen-bond donors (Lipinski definition) is 1. The van der Waals surface area contributed by atoms with Gasteiger partial charge in [0.25, 0.3) is 0 Å². The first kappa shape index (κ1) is 4.01. The van der Waals surface area contributed by atoms with E-state index in [1.807, 2.05) is 0 Å². The maximum Gasteiger partial charge on any atom is 0.218 e. The van der Waals surface area contributed by atoms with E-state index < -0.39 is 6.29 Å². The highest BCUT2D eigenvalue weighted by Gasteiger charge is 2.13. The Morgan fingerprint density at radius 1 is 1.67 bits per heavy atom. The van der Waals surface area contributed by atoms with Crippen LogP contribution in [-0.4, -0.2) is 18.0 Å². The molecule has 0 aromatic heterocycles. The average Bonchev–Trinajstić information content (AvgIpc) is 1.86. The monoisotopic (exact) mass is 92.0 g/mol. The van der Waals surface area contributed by atoms with Gasteiger partial charge in [-0.05, 0) is 0 Å². The van der Waals surface area contributed by atoms with Gasteiger partial charge in [0.2, 0.25) is 6.29 Å². The van der Waals surface area contributed by atoms with E-state index in [-0.39, 0.29) is 6.61 Å². The van der Waals surface area contributed by atoms with E-state index >= 15 is 0 Å². The van der Waals surface area contributed by atoms with Crippen molar-refractivity contribution >= 4 is 0 Å². The summed E-state index contributed by atoms with van der Waals surface area (Å²) in [5, 5.41) is 12.1. The van der Waals surface area contributed by atoms with E-state index in [1.165, 1.54) is 0 Å². The summed E-state index contributed by atoms with van der Waals surface area (Å²) in [4.78, 5) is 8.07. The number of aliphatic hydroxyl groups excluding tert-OH is 1. The molecule has 0 aromatic rings. The van der Waals surface area contributed by atoms with Crippen molar-refractivity contribution in [2.75, 3.05) is 6.61 Å². The van der Waals surface area contributed by atoms with Crippen LogP contribution in [0.4, 0.5) is 0 Å². The largest absolute Gasteiger partial charge is 0.364 e. The maximum atomic E-state index is 8.26.